The van der Waals surface area contributed by atoms with Crippen LogP contribution in [0.3, 0.4) is 0 Å². The van der Waals surface area contributed by atoms with E-state index in [1.54, 1.807) is 18.2 Å². The lowest BCUT2D eigenvalue weighted by Crippen LogP contribution is -2.27. The highest BCUT2D eigenvalue weighted by Crippen LogP contribution is 2.42. The van der Waals surface area contributed by atoms with Gasteiger partial charge in [0.05, 0.1) is 49.4 Å². The van der Waals surface area contributed by atoms with E-state index >= 15 is 0 Å². The van der Waals surface area contributed by atoms with Gasteiger partial charge in [-0.2, -0.15) is 0 Å². The van der Waals surface area contributed by atoms with E-state index in [2.05, 4.69) is 9.72 Å². The maximum atomic E-state index is 14.3. The lowest BCUT2D eigenvalue weighted by atomic mass is 9.95. The van der Waals surface area contributed by atoms with Gasteiger partial charge in [-0.25, -0.2) is 8.78 Å². The molecule has 0 bridgehead atoms. The average molecular weight is 692 g/mol. The third-order valence-corrected chi connectivity index (χ3v) is 7.01. The summed E-state index contributed by atoms with van der Waals surface area (Å²) in [7, 11) is 2.71. The zero-order chi connectivity index (χ0) is 29.9. The van der Waals surface area contributed by atoms with E-state index < -0.39 is 35.6 Å². The minimum Gasteiger partial charge on any atom is -0.497 e. The van der Waals surface area contributed by atoms with Crippen molar-refractivity contribution in [3.63, 3.8) is 0 Å². The van der Waals surface area contributed by atoms with Gasteiger partial charge in [-0.15, -0.1) is 13.2 Å². The minimum absolute atomic E-state index is 0.0176. The van der Waals surface area contributed by atoms with E-state index in [1.165, 1.54) is 29.6 Å². The summed E-state index contributed by atoms with van der Waals surface area (Å²) in [6.07, 6.45) is -3.93. The van der Waals surface area contributed by atoms with Crippen LogP contribution in [0.15, 0.2) is 54.7 Å². The van der Waals surface area contributed by atoms with Crippen molar-refractivity contribution in [3.05, 3.63) is 77.5 Å². The number of methoxy groups -OCH3 is 2. The topological polar surface area (TPSA) is 93.2 Å². The van der Waals surface area contributed by atoms with Crippen molar-refractivity contribution >= 4 is 45.2 Å². The highest BCUT2D eigenvalue weighted by molar-refractivity contribution is 14.1. The lowest BCUT2D eigenvalue weighted by Gasteiger charge is -2.29. The second kappa shape index (κ2) is 12.4. The summed E-state index contributed by atoms with van der Waals surface area (Å²) in [5.41, 5.74) is 0.558. The molecule has 1 heterocycles. The van der Waals surface area contributed by atoms with Crippen molar-refractivity contribution in [1.82, 2.24) is 4.98 Å². The van der Waals surface area contributed by atoms with Gasteiger partial charge in [0, 0.05) is 58.6 Å². The van der Waals surface area contributed by atoms with Gasteiger partial charge in [-0.1, -0.05) is 0 Å². The van der Waals surface area contributed by atoms with Gasteiger partial charge >= 0.3 is 6.36 Å². The number of aromatic amines is 1. The Balaban J connectivity index is 1.88. The van der Waals surface area contributed by atoms with E-state index in [0.717, 1.165) is 24.3 Å². The monoisotopic (exact) mass is 692 g/mol. The van der Waals surface area contributed by atoms with E-state index in [9.17, 15) is 26.7 Å². The number of aliphatic hydroxyl groups is 1. The standard InChI is InChI=1S/C27H22F5IN2O6/c1-38-16-8-15(9-17(10-16)40-6-5-36)35(33)25(18-4-3-14(28)7-23(18)39-2)26(37)20-13-34-22-12-21(29)24(11-19(20)22)41-27(30,31)32/h3-4,7-13,25,34,36H,5-6H2,1-2H3. The first-order valence-electron chi connectivity index (χ1n) is 11.8. The highest BCUT2D eigenvalue weighted by atomic mass is 127. The number of hydrogen-bond donors (Lipinski definition) is 2. The van der Waals surface area contributed by atoms with Gasteiger partial charge in [0.2, 0.25) is 0 Å². The quantitative estimate of drug-likeness (QED) is 0.0802. The van der Waals surface area contributed by atoms with Crippen LogP contribution in [0.25, 0.3) is 10.9 Å². The SMILES string of the molecule is COc1cc(OCCO)cc(N(I)C(C(=O)c2c[nH]c3cc(F)c(OC(F)(F)F)cc23)c2ccc(F)cc2OC)c1. The number of rotatable bonds is 11. The van der Waals surface area contributed by atoms with E-state index in [-0.39, 0.29) is 41.0 Å². The molecule has 0 spiro atoms. The number of nitrogens with one attached hydrogen (secondary N) is 1. The Labute approximate surface area is 244 Å². The van der Waals surface area contributed by atoms with Crippen molar-refractivity contribution in [2.24, 2.45) is 0 Å². The molecule has 41 heavy (non-hydrogen) atoms. The van der Waals surface area contributed by atoms with Crippen LogP contribution in [-0.2, 0) is 0 Å². The summed E-state index contributed by atoms with van der Waals surface area (Å²) in [6, 6.07) is 8.61. The molecule has 0 aliphatic rings. The molecule has 0 amide bonds. The molecule has 14 heteroatoms. The van der Waals surface area contributed by atoms with Gasteiger partial charge in [0.25, 0.3) is 0 Å². The van der Waals surface area contributed by atoms with Gasteiger partial charge in [0.15, 0.2) is 17.3 Å². The van der Waals surface area contributed by atoms with Crippen LogP contribution in [0, 0.1) is 11.6 Å². The normalized spacial score (nSPS) is 12.2. The summed E-state index contributed by atoms with van der Waals surface area (Å²) in [6.45, 7) is -0.272. The maximum Gasteiger partial charge on any atom is 0.573 e. The van der Waals surface area contributed by atoms with E-state index in [4.69, 9.17) is 19.3 Å². The Hall–Kier alpha value is -3.79. The number of ether oxygens (including phenoxy) is 4. The molecule has 2 N–H and O–H groups in total. The molecular weight excluding hydrogens is 670 g/mol. The Kier molecular flexibility index (Phi) is 9.11. The molecule has 3 aromatic carbocycles. The van der Waals surface area contributed by atoms with Crippen LogP contribution >= 0.6 is 22.9 Å². The molecule has 0 radical (unpaired) electrons. The molecule has 8 nitrogen and oxygen atoms in total. The highest BCUT2D eigenvalue weighted by Gasteiger charge is 2.35. The van der Waals surface area contributed by atoms with Crippen LogP contribution < -0.4 is 22.1 Å². The van der Waals surface area contributed by atoms with Crippen LogP contribution in [0.1, 0.15) is 22.0 Å². The van der Waals surface area contributed by atoms with E-state index in [1.807, 2.05) is 22.9 Å². The number of halogens is 6. The molecule has 218 valence electrons. The number of fused-ring (bicyclic) bond motifs is 1. The minimum atomic E-state index is -5.17. The number of alkyl halides is 3. The Morgan fingerprint density at radius 3 is 2.41 bits per heavy atom. The van der Waals surface area contributed by atoms with Gasteiger partial charge in [0.1, 0.15) is 35.7 Å². The second-order valence-electron chi connectivity index (χ2n) is 8.48. The number of H-pyrrole nitrogens is 1. The van der Waals surface area contributed by atoms with Crippen LogP contribution in [0.2, 0.25) is 0 Å². The molecule has 0 saturated carbocycles. The number of nitrogens with zero attached hydrogens (tertiary/aromatic N) is 1. The van der Waals surface area contributed by atoms with Gasteiger partial charge in [-0.05, 0) is 18.2 Å². The van der Waals surface area contributed by atoms with Gasteiger partial charge < -0.3 is 29.0 Å². The average Bonchev–Trinajstić information content (AvgIpc) is 3.34. The zero-order valence-corrected chi connectivity index (χ0v) is 23.5. The van der Waals surface area contributed by atoms with Crippen molar-refractivity contribution < 1.29 is 50.8 Å². The first-order valence-corrected chi connectivity index (χ1v) is 12.7. The molecule has 0 fully saturated rings. The number of hydrogen-bond acceptors (Lipinski definition) is 7. The molecule has 1 atom stereocenters. The van der Waals surface area contributed by atoms with Crippen molar-refractivity contribution in [1.29, 1.82) is 0 Å². The summed E-state index contributed by atoms with van der Waals surface area (Å²) < 4.78 is 88.6. The van der Waals surface area contributed by atoms with Crippen molar-refractivity contribution in [2.75, 3.05) is 30.5 Å². The number of benzene rings is 3. The molecular formula is C27H22F5IN2O6. The van der Waals surface area contributed by atoms with Crippen LogP contribution in [0.4, 0.5) is 27.6 Å². The molecule has 0 aliphatic carbocycles. The van der Waals surface area contributed by atoms with Crippen LogP contribution in [0.5, 0.6) is 23.0 Å². The second-order valence-corrected chi connectivity index (χ2v) is 9.52. The Bertz CT molecular complexity index is 1560. The summed E-state index contributed by atoms with van der Waals surface area (Å²) >= 11 is 1.85. The zero-order valence-electron chi connectivity index (χ0n) is 21.4. The van der Waals surface area contributed by atoms with Crippen molar-refractivity contribution in [2.45, 2.75) is 12.4 Å². The Morgan fingerprint density at radius 2 is 1.76 bits per heavy atom. The Morgan fingerprint density at radius 1 is 1.02 bits per heavy atom. The number of aromatic nitrogens is 1. The predicted octanol–water partition coefficient (Wildman–Crippen LogP) is 6.51. The van der Waals surface area contributed by atoms with Crippen molar-refractivity contribution in [3.8, 4) is 23.0 Å². The summed E-state index contributed by atoms with van der Waals surface area (Å²) in [5.74, 6) is -2.99. The predicted molar refractivity (Wildman–Crippen MR) is 147 cm³/mol. The summed E-state index contributed by atoms with van der Waals surface area (Å²) in [5, 5.41) is 9.12. The first-order chi connectivity index (χ1) is 19.4. The van der Waals surface area contributed by atoms with Crippen LogP contribution in [-0.4, -0.2) is 49.7 Å². The fraction of sp³-hybridized carbons (Fsp3) is 0.222. The molecule has 0 saturated heterocycles. The van der Waals surface area contributed by atoms with E-state index in [0.29, 0.717) is 17.2 Å². The maximum absolute atomic E-state index is 14.3. The van der Waals surface area contributed by atoms with Gasteiger partial charge in [-0.3, -0.25) is 7.91 Å². The fourth-order valence-electron chi connectivity index (χ4n) is 4.15. The number of anilines is 1. The number of carbonyl (C=O) groups excluding carboxylic acids is 1. The molecule has 1 aromatic heterocycles. The molecule has 4 aromatic rings. The fourth-order valence-corrected chi connectivity index (χ4v) is 4.98. The lowest BCUT2D eigenvalue weighted by molar-refractivity contribution is -0.275. The number of aliphatic hydroxyl groups excluding tert-OH is 1. The number of ketones is 1. The third kappa shape index (κ3) is 6.75. The first kappa shape index (κ1) is 30.2. The number of carbonyl (C=O) groups is 1. The number of Topliss-reactive ketones (excluding diaryl/α,β-unsaturated/α-hetero) is 1. The molecule has 0 aliphatic heterocycles. The third-order valence-electron chi connectivity index (χ3n) is 5.90. The largest absolute Gasteiger partial charge is 0.573 e. The molecule has 1 unspecified atom stereocenters. The summed E-state index contributed by atoms with van der Waals surface area (Å²) in [4.78, 5) is 16.9. The molecule has 4 rings (SSSR count). The smallest absolute Gasteiger partial charge is 0.497 e.